The van der Waals surface area contributed by atoms with E-state index in [1.165, 1.54) is 12.1 Å². The molecule has 2 rings (SSSR count). The summed E-state index contributed by atoms with van der Waals surface area (Å²) in [6.45, 7) is 0.296. The smallest absolute Gasteiger partial charge is 0.175 e. The zero-order chi connectivity index (χ0) is 14.6. The van der Waals surface area contributed by atoms with E-state index in [1.807, 2.05) is 0 Å². The molecule has 20 heavy (non-hydrogen) atoms. The van der Waals surface area contributed by atoms with Crippen LogP contribution in [0, 0.1) is 0 Å². The number of hydrogen-bond acceptors (Lipinski definition) is 6. The number of hydrogen-bond donors (Lipinski definition) is 2. The molecule has 0 aliphatic carbocycles. The lowest BCUT2D eigenvalue weighted by Crippen LogP contribution is -2.09. The second kappa shape index (κ2) is 5.89. The Morgan fingerprint density at radius 1 is 1.30 bits per heavy atom. The lowest BCUT2D eigenvalue weighted by molar-refractivity contribution is 0.305. The molecule has 0 spiro atoms. The van der Waals surface area contributed by atoms with E-state index in [1.54, 1.807) is 30.5 Å². The van der Waals surface area contributed by atoms with Gasteiger partial charge in [-0.25, -0.2) is 19.2 Å². The monoisotopic (exact) mass is 293 g/mol. The summed E-state index contributed by atoms with van der Waals surface area (Å²) in [5, 5.41) is 0. The van der Waals surface area contributed by atoms with E-state index in [0.717, 1.165) is 11.8 Å². The molecule has 0 amide bonds. The minimum atomic E-state index is -3.24. The highest BCUT2D eigenvalue weighted by molar-refractivity contribution is 7.90. The van der Waals surface area contributed by atoms with Crippen LogP contribution in [0.2, 0.25) is 0 Å². The summed E-state index contributed by atoms with van der Waals surface area (Å²) in [5.41, 5.74) is 3.32. The van der Waals surface area contributed by atoms with Crippen molar-refractivity contribution >= 4 is 15.7 Å². The molecule has 7 heteroatoms. The van der Waals surface area contributed by atoms with Crippen LogP contribution in [0.3, 0.4) is 0 Å². The first-order valence-electron chi connectivity index (χ1n) is 5.83. The second-order valence-corrected chi connectivity index (χ2v) is 6.25. The van der Waals surface area contributed by atoms with Crippen molar-refractivity contribution in [3.05, 3.63) is 48.2 Å². The summed E-state index contributed by atoms with van der Waals surface area (Å²) in [6, 6.07) is 9.93. The highest BCUT2D eigenvalue weighted by Crippen LogP contribution is 2.18. The molecular formula is C13H15N3O3S. The topological polar surface area (TPSA) is 94.3 Å². The number of rotatable bonds is 5. The molecule has 0 aliphatic rings. The van der Waals surface area contributed by atoms with E-state index < -0.39 is 9.84 Å². The first-order valence-corrected chi connectivity index (χ1v) is 7.72. The van der Waals surface area contributed by atoms with Crippen LogP contribution in [0.5, 0.6) is 5.75 Å². The van der Waals surface area contributed by atoms with E-state index >= 15 is 0 Å². The Balaban J connectivity index is 2.11. The average Bonchev–Trinajstić information content (AvgIpc) is 2.45. The van der Waals surface area contributed by atoms with Gasteiger partial charge in [0.2, 0.25) is 0 Å². The van der Waals surface area contributed by atoms with Gasteiger partial charge < -0.3 is 10.2 Å². The number of nitrogens with one attached hydrogen (secondary N) is 1. The largest absolute Gasteiger partial charge is 0.489 e. The van der Waals surface area contributed by atoms with Crippen LogP contribution >= 0.6 is 0 Å². The predicted molar refractivity (Wildman–Crippen MR) is 75.9 cm³/mol. The molecule has 0 saturated heterocycles. The summed E-state index contributed by atoms with van der Waals surface area (Å²) < 4.78 is 28.5. The minimum Gasteiger partial charge on any atom is -0.489 e. The fourth-order valence-electron chi connectivity index (χ4n) is 1.60. The van der Waals surface area contributed by atoms with Crippen molar-refractivity contribution in [2.24, 2.45) is 5.84 Å². The molecule has 0 aliphatic heterocycles. The molecule has 0 unspecified atom stereocenters. The predicted octanol–water partition coefficient (Wildman–Crippen LogP) is 1.35. The maximum atomic E-state index is 11.5. The molecule has 1 aromatic carbocycles. The van der Waals surface area contributed by atoms with Crippen LogP contribution in [0.25, 0.3) is 0 Å². The average molecular weight is 293 g/mol. The van der Waals surface area contributed by atoms with E-state index in [0.29, 0.717) is 18.2 Å². The maximum Gasteiger partial charge on any atom is 0.175 e. The van der Waals surface area contributed by atoms with Crippen molar-refractivity contribution in [3.8, 4) is 5.75 Å². The van der Waals surface area contributed by atoms with Crippen LogP contribution in [-0.2, 0) is 16.4 Å². The molecule has 1 aromatic heterocycles. The first kappa shape index (κ1) is 14.3. The van der Waals surface area contributed by atoms with Crippen molar-refractivity contribution in [2.45, 2.75) is 11.5 Å². The molecule has 0 saturated carbocycles. The molecular weight excluding hydrogens is 278 g/mol. The number of anilines is 1. The normalized spacial score (nSPS) is 11.1. The van der Waals surface area contributed by atoms with Crippen molar-refractivity contribution < 1.29 is 13.2 Å². The van der Waals surface area contributed by atoms with E-state index in [9.17, 15) is 8.42 Å². The van der Waals surface area contributed by atoms with Gasteiger partial charge in [-0.1, -0.05) is 6.07 Å². The Labute approximate surface area is 117 Å². The number of ether oxygens (including phenoxy) is 1. The molecule has 0 bridgehead atoms. The van der Waals surface area contributed by atoms with Crippen LogP contribution in [-0.4, -0.2) is 19.7 Å². The number of hydrazine groups is 1. The molecule has 0 fully saturated rings. The van der Waals surface area contributed by atoms with Crippen LogP contribution in [0.15, 0.2) is 47.5 Å². The van der Waals surface area contributed by atoms with Crippen LogP contribution in [0.1, 0.15) is 5.56 Å². The van der Waals surface area contributed by atoms with E-state index in [-0.39, 0.29) is 4.90 Å². The lowest BCUT2D eigenvalue weighted by Gasteiger charge is -2.08. The maximum absolute atomic E-state index is 11.5. The summed E-state index contributed by atoms with van der Waals surface area (Å²) in [7, 11) is -3.24. The Morgan fingerprint density at radius 2 is 2.10 bits per heavy atom. The lowest BCUT2D eigenvalue weighted by atomic mass is 10.3. The van der Waals surface area contributed by atoms with E-state index in [4.69, 9.17) is 10.6 Å². The first-order chi connectivity index (χ1) is 9.49. The number of nitrogen functional groups attached to an aromatic ring is 1. The highest BCUT2D eigenvalue weighted by atomic mass is 32.2. The molecule has 2 aromatic rings. The van der Waals surface area contributed by atoms with Gasteiger partial charge in [-0.2, -0.15) is 0 Å². The van der Waals surface area contributed by atoms with Gasteiger partial charge in [0.15, 0.2) is 9.84 Å². The molecule has 0 atom stereocenters. The summed E-state index contributed by atoms with van der Waals surface area (Å²) in [5.74, 6) is 6.30. The molecule has 6 nitrogen and oxygen atoms in total. The summed E-state index contributed by atoms with van der Waals surface area (Å²) >= 11 is 0. The number of aromatic nitrogens is 1. The highest BCUT2D eigenvalue weighted by Gasteiger charge is 2.08. The molecule has 106 valence electrons. The summed E-state index contributed by atoms with van der Waals surface area (Å²) in [6.07, 6.45) is 2.77. The van der Waals surface area contributed by atoms with E-state index in [2.05, 4.69) is 10.4 Å². The van der Waals surface area contributed by atoms with Crippen molar-refractivity contribution in [1.29, 1.82) is 0 Å². The Kier molecular flexibility index (Phi) is 4.21. The van der Waals surface area contributed by atoms with Gasteiger partial charge in [0.25, 0.3) is 0 Å². The fourth-order valence-corrected chi connectivity index (χ4v) is 2.26. The quantitative estimate of drug-likeness (QED) is 0.638. The van der Waals surface area contributed by atoms with Crippen LogP contribution < -0.4 is 16.0 Å². The van der Waals surface area contributed by atoms with Crippen molar-refractivity contribution in [1.82, 2.24) is 4.98 Å². The van der Waals surface area contributed by atoms with Gasteiger partial charge in [-0.15, -0.1) is 0 Å². The van der Waals surface area contributed by atoms with Crippen LogP contribution in [0.4, 0.5) is 5.82 Å². The number of benzene rings is 1. The standard InChI is InChI=1S/C13H15N3O3S/c1-20(17,18)12-4-2-3-11(8-12)19-9-10-5-6-15-13(7-10)16-14/h2-8H,9,14H2,1H3,(H,15,16). The van der Waals surface area contributed by atoms with Gasteiger partial charge in [-0.05, 0) is 35.9 Å². The third-order valence-electron chi connectivity index (χ3n) is 2.61. The van der Waals surface area contributed by atoms with Gasteiger partial charge in [0, 0.05) is 12.5 Å². The second-order valence-electron chi connectivity index (χ2n) is 4.23. The number of nitrogens with two attached hydrogens (primary N) is 1. The molecule has 3 N–H and O–H groups in total. The molecule has 1 heterocycles. The third-order valence-corrected chi connectivity index (χ3v) is 3.72. The van der Waals surface area contributed by atoms with Gasteiger partial charge >= 0.3 is 0 Å². The van der Waals surface area contributed by atoms with Crippen molar-refractivity contribution in [3.63, 3.8) is 0 Å². The third kappa shape index (κ3) is 3.69. The Bertz CT molecular complexity index is 702. The molecule has 0 radical (unpaired) electrons. The SMILES string of the molecule is CS(=O)(=O)c1cccc(OCc2ccnc(NN)c2)c1. The van der Waals surface area contributed by atoms with Gasteiger partial charge in [-0.3, -0.25) is 0 Å². The Hall–Kier alpha value is -2.12. The zero-order valence-electron chi connectivity index (χ0n) is 10.9. The minimum absolute atomic E-state index is 0.231. The fraction of sp³-hybridized carbons (Fsp3) is 0.154. The number of sulfone groups is 1. The summed E-state index contributed by atoms with van der Waals surface area (Å²) in [4.78, 5) is 4.22. The zero-order valence-corrected chi connectivity index (χ0v) is 11.7. The number of pyridine rings is 1. The number of nitrogens with zero attached hydrogens (tertiary/aromatic N) is 1. The Morgan fingerprint density at radius 3 is 2.80 bits per heavy atom. The van der Waals surface area contributed by atoms with Crippen molar-refractivity contribution in [2.75, 3.05) is 11.7 Å². The van der Waals surface area contributed by atoms with Gasteiger partial charge in [0.1, 0.15) is 18.2 Å². The van der Waals surface area contributed by atoms with Gasteiger partial charge in [0.05, 0.1) is 4.90 Å².